The maximum absolute atomic E-state index is 4.74. The fourth-order valence-electron chi connectivity index (χ4n) is 1.96. The van der Waals surface area contributed by atoms with Crippen LogP contribution in [0.5, 0.6) is 0 Å². The zero-order valence-electron chi connectivity index (χ0n) is 12.2. The second kappa shape index (κ2) is 8.02. The van der Waals surface area contributed by atoms with E-state index in [1.165, 1.54) is 20.9 Å². The monoisotopic (exact) mass is 362 g/mol. The van der Waals surface area contributed by atoms with Gasteiger partial charge < -0.3 is 0 Å². The lowest BCUT2D eigenvalue weighted by Gasteiger charge is -2.25. The number of benzene rings is 1. The third kappa shape index (κ3) is 4.26. The second-order valence-corrected chi connectivity index (χ2v) is 7.46. The fraction of sp³-hybridized carbons (Fsp3) is 0.250. The van der Waals surface area contributed by atoms with Gasteiger partial charge in [-0.2, -0.15) is 9.98 Å². The van der Waals surface area contributed by atoms with Crippen molar-refractivity contribution in [3.05, 3.63) is 52.5 Å². The molecule has 112 valence electrons. The molecule has 0 radical (unpaired) electrons. The third-order valence-electron chi connectivity index (χ3n) is 3.26. The Kier molecular flexibility index (Phi) is 6.33. The Labute approximate surface area is 149 Å². The predicted octanol–water partition coefficient (Wildman–Crippen LogP) is 5.87. The number of hydrogen-bond acceptors (Lipinski definition) is 6. The van der Waals surface area contributed by atoms with Crippen molar-refractivity contribution in [2.24, 2.45) is 9.98 Å². The summed E-state index contributed by atoms with van der Waals surface area (Å²) in [6.45, 7) is 4.20. The van der Waals surface area contributed by atoms with E-state index in [-0.39, 0.29) is 0 Å². The largest absolute Gasteiger partial charge is 0.196 e. The first-order chi connectivity index (χ1) is 10.6. The van der Waals surface area contributed by atoms with E-state index in [1.54, 1.807) is 21.6 Å². The van der Waals surface area contributed by atoms with Crippen molar-refractivity contribution < 1.29 is 0 Å². The molecule has 0 amide bonds. The van der Waals surface area contributed by atoms with Crippen LogP contribution in [0.4, 0.5) is 0 Å². The van der Waals surface area contributed by atoms with E-state index in [0.717, 1.165) is 0 Å². The molecule has 0 aromatic heterocycles. The molecule has 2 nitrogen and oxygen atoms in total. The van der Waals surface area contributed by atoms with Crippen LogP contribution in [0, 0.1) is 6.92 Å². The van der Waals surface area contributed by atoms with Crippen molar-refractivity contribution >= 4 is 56.3 Å². The molecule has 0 saturated heterocycles. The van der Waals surface area contributed by atoms with Crippen LogP contribution in [-0.4, -0.2) is 16.0 Å². The molecule has 0 bridgehead atoms. The van der Waals surface area contributed by atoms with Gasteiger partial charge in [-0.25, -0.2) is 0 Å². The molecular formula is C16H14N2S4. The summed E-state index contributed by atoms with van der Waals surface area (Å²) in [5, 5.41) is 4.84. The Morgan fingerprint density at radius 1 is 1.09 bits per heavy atom. The summed E-state index contributed by atoms with van der Waals surface area (Å²) in [5.41, 5.74) is 1.70. The summed E-state index contributed by atoms with van der Waals surface area (Å²) in [5.74, 6) is 0. The molecule has 0 unspecified atom stereocenters. The molecule has 0 saturated carbocycles. The van der Waals surface area contributed by atoms with E-state index in [4.69, 9.17) is 24.4 Å². The quantitative estimate of drug-likeness (QED) is 0.371. The van der Waals surface area contributed by atoms with Gasteiger partial charge in [-0.05, 0) is 61.6 Å². The van der Waals surface area contributed by atoms with Crippen LogP contribution >= 0.6 is 46.0 Å². The fourth-order valence-corrected chi connectivity index (χ4v) is 4.98. The molecule has 1 aromatic carbocycles. The number of aliphatic imine (C=N–C) groups is 2. The molecule has 0 heterocycles. The number of rotatable bonds is 5. The summed E-state index contributed by atoms with van der Waals surface area (Å²) in [6, 6.07) is 8.33. The van der Waals surface area contributed by atoms with Crippen molar-refractivity contribution in [1.82, 2.24) is 0 Å². The summed E-state index contributed by atoms with van der Waals surface area (Å²) in [6.07, 6.45) is 4.55. The zero-order chi connectivity index (χ0) is 16.0. The van der Waals surface area contributed by atoms with Crippen LogP contribution in [-0.2, 0) is 0 Å². The lowest BCUT2D eigenvalue weighted by molar-refractivity contribution is 0.565. The van der Waals surface area contributed by atoms with Gasteiger partial charge in [-0.15, -0.1) is 0 Å². The normalized spacial score (nSPS) is 20.3. The first-order valence-corrected chi connectivity index (χ1v) is 9.54. The van der Waals surface area contributed by atoms with Gasteiger partial charge in [0.1, 0.15) is 0 Å². The first kappa shape index (κ1) is 17.4. The molecule has 0 fully saturated rings. The summed E-state index contributed by atoms with van der Waals surface area (Å²) < 4.78 is 0. The number of allylic oxidation sites excluding steroid dienone is 2. The molecule has 0 spiro atoms. The average Bonchev–Trinajstić information content (AvgIpc) is 2.50. The third-order valence-corrected chi connectivity index (χ3v) is 6.23. The number of aryl methyl sites for hydroxylation is 1. The summed E-state index contributed by atoms with van der Waals surface area (Å²) in [7, 11) is 3.47. The van der Waals surface area contributed by atoms with Crippen LogP contribution in [0.15, 0.2) is 61.8 Å². The number of hydrogen-bond donors (Lipinski definition) is 0. The maximum atomic E-state index is 4.74. The SMILES string of the molecule is CC1=C(SSc2ccccc2C)CC(N=C=S)(N=C=S)C=C1. The Morgan fingerprint density at radius 3 is 2.41 bits per heavy atom. The number of nitrogens with zero attached hydrogens (tertiary/aromatic N) is 2. The highest BCUT2D eigenvalue weighted by atomic mass is 33.1. The lowest BCUT2D eigenvalue weighted by atomic mass is 9.98. The van der Waals surface area contributed by atoms with Crippen LogP contribution in [0.25, 0.3) is 0 Å². The van der Waals surface area contributed by atoms with E-state index in [9.17, 15) is 0 Å². The molecule has 1 aliphatic carbocycles. The predicted molar refractivity (Wildman–Crippen MR) is 104 cm³/mol. The molecule has 22 heavy (non-hydrogen) atoms. The van der Waals surface area contributed by atoms with E-state index in [1.807, 2.05) is 18.2 Å². The van der Waals surface area contributed by atoms with Crippen molar-refractivity contribution in [2.75, 3.05) is 0 Å². The molecule has 1 aliphatic rings. The standard InChI is InChI=1S/C16H14N2S4/c1-12-5-3-4-6-14(12)21-22-15-9-16(17-10-19,18-11-20)8-7-13(15)2/h3-8H,9H2,1-2H3. The van der Waals surface area contributed by atoms with Crippen LogP contribution in [0.1, 0.15) is 18.9 Å². The highest BCUT2D eigenvalue weighted by Crippen LogP contribution is 2.45. The van der Waals surface area contributed by atoms with Crippen molar-refractivity contribution in [3.63, 3.8) is 0 Å². The van der Waals surface area contributed by atoms with E-state index < -0.39 is 5.66 Å². The van der Waals surface area contributed by atoms with Gasteiger partial charge in [0.05, 0.1) is 10.3 Å². The van der Waals surface area contributed by atoms with E-state index >= 15 is 0 Å². The Morgan fingerprint density at radius 2 is 1.77 bits per heavy atom. The minimum atomic E-state index is -0.780. The topological polar surface area (TPSA) is 24.7 Å². The Bertz CT molecular complexity index is 705. The molecule has 0 N–H and O–H groups in total. The van der Waals surface area contributed by atoms with Gasteiger partial charge in [-0.3, -0.25) is 0 Å². The average molecular weight is 363 g/mol. The number of thiocarbonyl (C=S) groups is 2. The molecule has 1 aromatic rings. The summed E-state index contributed by atoms with van der Waals surface area (Å²) in [4.78, 5) is 10.8. The highest BCUT2D eigenvalue weighted by molar-refractivity contribution is 8.78. The van der Waals surface area contributed by atoms with Gasteiger partial charge in [0.25, 0.3) is 0 Å². The minimum Gasteiger partial charge on any atom is -0.196 e. The van der Waals surface area contributed by atoms with Gasteiger partial charge in [0.2, 0.25) is 0 Å². The van der Waals surface area contributed by atoms with Crippen molar-refractivity contribution in [2.45, 2.75) is 30.8 Å². The minimum absolute atomic E-state index is 0.631. The van der Waals surface area contributed by atoms with Gasteiger partial charge in [0.15, 0.2) is 5.66 Å². The van der Waals surface area contributed by atoms with Crippen molar-refractivity contribution in [3.8, 4) is 0 Å². The highest BCUT2D eigenvalue weighted by Gasteiger charge is 2.30. The first-order valence-electron chi connectivity index (χ1n) is 6.57. The molecular weight excluding hydrogens is 348 g/mol. The smallest absolute Gasteiger partial charge is 0.192 e. The zero-order valence-corrected chi connectivity index (χ0v) is 15.5. The van der Waals surface area contributed by atoms with E-state index in [0.29, 0.717) is 6.42 Å². The lowest BCUT2D eigenvalue weighted by Crippen LogP contribution is -2.23. The van der Waals surface area contributed by atoms with Crippen LogP contribution < -0.4 is 0 Å². The van der Waals surface area contributed by atoms with Crippen molar-refractivity contribution in [1.29, 1.82) is 0 Å². The molecule has 0 atom stereocenters. The maximum Gasteiger partial charge on any atom is 0.192 e. The Hall–Kier alpha value is -1.00. The second-order valence-electron chi connectivity index (χ2n) is 4.83. The molecule has 6 heteroatoms. The molecule has 0 aliphatic heterocycles. The van der Waals surface area contributed by atoms with E-state index in [2.05, 4.69) is 52.4 Å². The Balaban J connectivity index is 2.20. The van der Waals surface area contributed by atoms with Gasteiger partial charge in [-0.1, -0.05) is 45.9 Å². The van der Waals surface area contributed by atoms with Crippen LogP contribution in [0.3, 0.4) is 0 Å². The van der Waals surface area contributed by atoms with Gasteiger partial charge in [0, 0.05) is 16.2 Å². The molecule has 2 rings (SSSR count). The number of isothiocyanates is 2. The van der Waals surface area contributed by atoms with Crippen LogP contribution in [0.2, 0.25) is 0 Å². The van der Waals surface area contributed by atoms with Gasteiger partial charge >= 0.3 is 0 Å². The summed E-state index contributed by atoms with van der Waals surface area (Å²) >= 11 is 9.49.